The highest BCUT2D eigenvalue weighted by Crippen LogP contribution is 2.43. The number of hydrogen-bond acceptors (Lipinski definition) is 5. The summed E-state index contributed by atoms with van der Waals surface area (Å²) in [6, 6.07) is 22.7. The smallest absolute Gasteiger partial charge is 0.253 e. The Morgan fingerprint density at radius 3 is 2.27 bits per heavy atom. The Hall–Kier alpha value is -3.31. The molecular formula is C33H34Cl2FN5O3S. The van der Waals surface area contributed by atoms with Gasteiger partial charge in [-0.05, 0) is 73.6 Å². The number of nitrogens with one attached hydrogen (secondary N) is 1. The summed E-state index contributed by atoms with van der Waals surface area (Å²) in [6.45, 7) is 0.570. The molecule has 1 amide bonds. The Bertz CT molecular complexity index is 1590. The van der Waals surface area contributed by atoms with Crippen molar-refractivity contribution in [1.29, 1.82) is 0 Å². The highest BCUT2D eigenvalue weighted by Gasteiger charge is 2.48. The fourth-order valence-electron chi connectivity index (χ4n) is 5.57. The number of ether oxygens (including phenoxy) is 1. The minimum absolute atomic E-state index is 0.0149. The molecule has 2 saturated carbocycles. The first-order valence-electron chi connectivity index (χ1n) is 15.1. The first-order chi connectivity index (χ1) is 21.9. The van der Waals surface area contributed by atoms with Crippen molar-refractivity contribution in [1.82, 2.24) is 20.1 Å². The molecule has 4 unspecified atom stereocenters. The van der Waals surface area contributed by atoms with Crippen LogP contribution in [0.3, 0.4) is 0 Å². The van der Waals surface area contributed by atoms with Crippen LogP contribution in [-0.2, 0) is 26.9 Å². The zero-order valence-electron chi connectivity index (χ0n) is 24.5. The molecule has 1 N–H and O–H groups in total. The monoisotopic (exact) mass is 669 g/mol. The molecule has 7 rings (SSSR count). The van der Waals surface area contributed by atoms with E-state index in [0.29, 0.717) is 23.1 Å². The maximum Gasteiger partial charge on any atom is 0.253 e. The minimum atomic E-state index is -1.39. The molecule has 8 nitrogen and oxygen atoms in total. The highest BCUT2D eigenvalue weighted by molar-refractivity contribution is 7.87. The fraction of sp³-hybridized carbons (Fsp3) is 0.364. The average Bonchev–Trinajstić information content (AvgIpc) is 3.99. The Morgan fingerprint density at radius 2 is 1.67 bits per heavy atom. The van der Waals surface area contributed by atoms with E-state index in [1.807, 2.05) is 47.4 Å². The average molecular weight is 671 g/mol. The summed E-state index contributed by atoms with van der Waals surface area (Å²) < 4.78 is 36.4. The van der Waals surface area contributed by atoms with Crippen LogP contribution in [0.25, 0.3) is 0 Å². The number of benzene rings is 3. The van der Waals surface area contributed by atoms with E-state index in [9.17, 15) is 9.00 Å². The zero-order chi connectivity index (χ0) is 31.3. The molecule has 0 radical (unpaired) electrons. The summed E-state index contributed by atoms with van der Waals surface area (Å²) in [4.78, 5) is 20.2. The first kappa shape index (κ1) is 31.7. The lowest BCUT2D eigenvalue weighted by atomic mass is 9.97. The number of halogens is 3. The number of para-hydroxylation sites is 1. The van der Waals surface area contributed by atoms with Crippen LogP contribution in [-0.4, -0.2) is 60.7 Å². The molecule has 3 aromatic carbocycles. The second-order valence-electron chi connectivity index (χ2n) is 11.5. The van der Waals surface area contributed by atoms with Crippen LogP contribution in [0.2, 0.25) is 10.0 Å². The van der Waals surface area contributed by atoms with Crippen LogP contribution in [0.1, 0.15) is 43.1 Å². The maximum absolute atomic E-state index is 15.0. The van der Waals surface area contributed by atoms with E-state index in [2.05, 4.69) is 15.2 Å². The Balaban J connectivity index is 0.000000452. The van der Waals surface area contributed by atoms with Gasteiger partial charge < -0.3 is 9.64 Å². The van der Waals surface area contributed by atoms with E-state index < -0.39 is 22.9 Å². The van der Waals surface area contributed by atoms with Gasteiger partial charge in [-0.2, -0.15) is 5.10 Å². The number of anilines is 1. The number of morpholine rings is 1. The van der Waals surface area contributed by atoms with Gasteiger partial charge in [0.05, 0.1) is 36.2 Å². The summed E-state index contributed by atoms with van der Waals surface area (Å²) in [5.74, 6) is 0.222. The summed E-state index contributed by atoms with van der Waals surface area (Å²) in [7, 11) is -1.39. The van der Waals surface area contributed by atoms with Crippen LogP contribution >= 0.6 is 23.2 Å². The van der Waals surface area contributed by atoms with Crippen molar-refractivity contribution < 1.29 is 18.1 Å². The molecular weight excluding hydrogens is 636 g/mol. The van der Waals surface area contributed by atoms with Gasteiger partial charge in [0.2, 0.25) is 0 Å². The minimum Gasteiger partial charge on any atom is -0.365 e. The van der Waals surface area contributed by atoms with Gasteiger partial charge in [0.25, 0.3) is 5.91 Å². The topological polar surface area (TPSA) is 91.4 Å². The third-order valence-corrected chi connectivity index (χ3v) is 10.5. The molecule has 1 aliphatic heterocycles. The standard InChI is InChI=1S/C27H29ClFN5O3S.C6H5Cl/c28-19-9-7-18(8-10-19)24-15-37-25(13-26-30-16-31-32-26)27(35)34(24)23(17-5-6-17)14-33(38(36)20-11-12-20)22-4-2-1-3-21(22)29;7-6-4-2-1-3-5-6/h1-4,7-10,16-17,20,23-25H,5-6,11-15H2,(H,30,31,32);1-5H. The second kappa shape index (κ2) is 14.4. The quantitative estimate of drug-likeness (QED) is 0.207. The number of aromatic amines is 1. The Morgan fingerprint density at radius 1 is 0.978 bits per heavy atom. The van der Waals surface area contributed by atoms with Crippen molar-refractivity contribution >= 4 is 45.8 Å². The van der Waals surface area contributed by atoms with Gasteiger partial charge in [0.15, 0.2) is 0 Å². The molecule has 4 atom stereocenters. The van der Waals surface area contributed by atoms with Gasteiger partial charge in [-0.1, -0.05) is 65.7 Å². The van der Waals surface area contributed by atoms with E-state index in [1.54, 1.807) is 34.6 Å². The number of carbonyl (C=O) groups excluding carboxylic acids is 1. The molecule has 236 valence electrons. The number of hydrogen-bond donors (Lipinski definition) is 1. The lowest BCUT2D eigenvalue weighted by molar-refractivity contribution is -0.164. The second-order valence-corrected chi connectivity index (χ2v) is 14.0. The summed E-state index contributed by atoms with van der Waals surface area (Å²) >= 11 is 11.7. The van der Waals surface area contributed by atoms with E-state index in [0.717, 1.165) is 36.3 Å². The molecule has 1 aromatic heterocycles. The van der Waals surface area contributed by atoms with Crippen LogP contribution in [0.15, 0.2) is 85.2 Å². The number of aromatic nitrogens is 3. The zero-order valence-corrected chi connectivity index (χ0v) is 26.8. The summed E-state index contributed by atoms with van der Waals surface area (Å²) in [5.41, 5.74) is 1.22. The largest absolute Gasteiger partial charge is 0.365 e. The van der Waals surface area contributed by atoms with E-state index in [4.69, 9.17) is 27.9 Å². The third kappa shape index (κ3) is 7.92. The van der Waals surface area contributed by atoms with Crippen molar-refractivity contribution in [3.8, 4) is 0 Å². The van der Waals surface area contributed by atoms with Crippen molar-refractivity contribution in [3.63, 3.8) is 0 Å². The number of nitrogens with zero attached hydrogens (tertiary/aromatic N) is 4. The van der Waals surface area contributed by atoms with Crippen molar-refractivity contribution in [2.75, 3.05) is 17.5 Å². The van der Waals surface area contributed by atoms with Crippen molar-refractivity contribution in [2.24, 2.45) is 5.92 Å². The highest BCUT2D eigenvalue weighted by atomic mass is 35.5. The molecule has 12 heteroatoms. The molecule has 45 heavy (non-hydrogen) atoms. The predicted octanol–water partition coefficient (Wildman–Crippen LogP) is 6.56. The van der Waals surface area contributed by atoms with Gasteiger partial charge in [0.1, 0.15) is 35.1 Å². The number of rotatable bonds is 10. The SMILES string of the molecule is Clc1ccccc1.O=C1C(Cc2ncn[nH]2)OCC(c2ccc(Cl)cc2)N1C(CN(c1ccccc1F)S(=O)C1CC1)C1CC1. The molecule has 3 aliphatic rings. The molecule has 4 aromatic rings. The van der Waals surface area contributed by atoms with Crippen LogP contribution in [0, 0.1) is 11.7 Å². The lowest BCUT2D eigenvalue weighted by Gasteiger charge is -2.45. The van der Waals surface area contributed by atoms with Crippen molar-refractivity contribution in [3.05, 3.63) is 112 Å². The molecule has 0 bridgehead atoms. The molecule has 0 spiro atoms. The lowest BCUT2D eigenvalue weighted by Crippen LogP contribution is -2.58. The van der Waals surface area contributed by atoms with Crippen LogP contribution < -0.4 is 4.31 Å². The van der Waals surface area contributed by atoms with Crippen molar-refractivity contribution in [2.45, 2.75) is 55.5 Å². The summed E-state index contributed by atoms with van der Waals surface area (Å²) in [5, 5.41) is 8.12. The molecule has 2 heterocycles. The number of H-pyrrole nitrogens is 1. The van der Waals surface area contributed by atoms with Crippen LogP contribution in [0.4, 0.5) is 10.1 Å². The Kier molecular flexibility index (Phi) is 10.1. The van der Waals surface area contributed by atoms with Gasteiger partial charge >= 0.3 is 0 Å². The van der Waals surface area contributed by atoms with E-state index in [1.165, 1.54) is 12.4 Å². The Labute approximate surface area is 274 Å². The van der Waals surface area contributed by atoms with Gasteiger partial charge in [-0.25, -0.2) is 13.6 Å². The molecule has 2 aliphatic carbocycles. The summed E-state index contributed by atoms with van der Waals surface area (Å²) in [6.07, 6.45) is 4.56. The molecule has 3 fully saturated rings. The van der Waals surface area contributed by atoms with Gasteiger partial charge in [-0.15, -0.1) is 0 Å². The van der Waals surface area contributed by atoms with E-state index in [-0.39, 0.29) is 42.1 Å². The number of carbonyl (C=O) groups is 1. The van der Waals surface area contributed by atoms with Crippen LogP contribution in [0.5, 0.6) is 0 Å². The predicted molar refractivity (Wildman–Crippen MR) is 174 cm³/mol. The fourth-order valence-corrected chi connectivity index (χ4v) is 7.38. The number of amides is 1. The normalized spacial score (nSPS) is 21.0. The van der Waals surface area contributed by atoms with Gasteiger partial charge in [-0.3, -0.25) is 14.2 Å². The van der Waals surface area contributed by atoms with Gasteiger partial charge in [0, 0.05) is 16.5 Å². The third-order valence-electron chi connectivity index (χ3n) is 8.18. The maximum atomic E-state index is 15.0. The molecule has 1 saturated heterocycles. The first-order valence-corrected chi connectivity index (χ1v) is 17.0. The van der Waals surface area contributed by atoms with E-state index >= 15 is 4.39 Å².